The third kappa shape index (κ3) is 4.74. The molecule has 136 valence electrons. The molecule has 3 rings (SSSR count). The maximum atomic E-state index is 12.5. The summed E-state index contributed by atoms with van der Waals surface area (Å²) in [6.07, 6.45) is 3.39. The standard InChI is InChI=1S/C21H22BrNO3/c1-2-26-21-10-6-18(22)15-17(21)5-9-20(24)16-3-7-19(8-4-16)23-11-13-25-14-12-23/h3-10,15H,2,11-14H2,1H3/b9-5+. The molecule has 1 aliphatic rings. The molecule has 0 bridgehead atoms. The molecule has 0 amide bonds. The lowest BCUT2D eigenvalue weighted by Crippen LogP contribution is -2.36. The second kappa shape index (κ2) is 9.01. The first-order valence-electron chi connectivity index (χ1n) is 8.75. The largest absolute Gasteiger partial charge is 0.493 e. The Bertz CT molecular complexity index is 780. The lowest BCUT2D eigenvalue weighted by Gasteiger charge is -2.28. The van der Waals surface area contributed by atoms with Gasteiger partial charge in [0.05, 0.1) is 19.8 Å². The van der Waals surface area contributed by atoms with Gasteiger partial charge >= 0.3 is 0 Å². The molecule has 1 heterocycles. The van der Waals surface area contributed by atoms with Crippen molar-refractivity contribution in [3.63, 3.8) is 0 Å². The molecule has 4 nitrogen and oxygen atoms in total. The number of benzene rings is 2. The maximum Gasteiger partial charge on any atom is 0.185 e. The van der Waals surface area contributed by atoms with Crippen molar-refractivity contribution in [2.75, 3.05) is 37.8 Å². The molecule has 0 aliphatic carbocycles. The number of allylic oxidation sites excluding steroid dienone is 1. The second-order valence-electron chi connectivity index (χ2n) is 5.96. The number of halogens is 1. The number of hydrogen-bond acceptors (Lipinski definition) is 4. The number of ketones is 1. The molecular weight excluding hydrogens is 394 g/mol. The molecule has 0 saturated carbocycles. The van der Waals surface area contributed by atoms with Crippen LogP contribution in [0.4, 0.5) is 5.69 Å². The van der Waals surface area contributed by atoms with Gasteiger partial charge in [0.25, 0.3) is 0 Å². The Hall–Kier alpha value is -2.11. The number of hydrogen-bond donors (Lipinski definition) is 0. The van der Waals surface area contributed by atoms with Crippen LogP contribution in [0.25, 0.3) is 6.08 Å². The topological polar surface area (TPSA) is 38.8 Å². The molecule has 0 unspecified atom stereocenters. The van der Waals surface area contributed by atoms with Crippen molar-refractivity contribution in [3.05, 3.63) is 64.1 Å². The number of rotatable bonds is 6. The van der Waals surface area contributed by atoms with Crippen molar-refractivity contribution in [1.29, 1.82) is 0 Å². The minimum Gasteiger partial charge on any atom is -0.493 e. The summed E-state index contributed by atoms with van der Waals surface area (Å²) in [5.74, 6) is 0.739. The molecule has 0 spiro atoms. The molecule has 0 atom stereocenters. The zero-order valence-electron chi connectivity index (χ0n) is 14.8. The van der Waals surface area contributed by atoms with Gasteiger partial charge in [-0.15, -0.1) is 0 Å². The molecule has 0 radical (unpaired) electrons. The molecule has 1 fully saturated rings. The molecule has 2 aromatic rings. The van der Waals surface area contributed by atoms with E-state index in [-0.39, 0.29) is 5.78 Å². The molecule has 1 saturated heterocycles. The number of anilines is 1. The van der Waals surface area contributed by atoms with Gasteiger partial charge in [-0.05, 0) is 61.5 Å². The van der Waals surface area contributed by atoms with Gasteiger partial charge < -0.3 is 14.4 Å². The summed E-state index contributed by atoms with van der Waals surface area (Å²) in [6.45, 7) is 5.79. The summed E-state index contributed by atoms with van der Waals surface area (Å²) in [7, 11) is 0. The fourth-order valence-corrected chi connectivity index (χ4v) is 3.24. The average Bonchev–Trinajstić information content (AvgIpc) is 2.69. The molecule has 1 aliphatic heterocycles. The minimum absolute atomic E-state index is 0.0269. The van der Waals surface area contributed by atoms with Crippen LogP contribution in [0.3, 0.4) is 0 Å². The predicted octanol–water partition coefficient (Wildman–Crippen LogP) is 4.58. The zero-order chi connectivity index (χ0) is 18.4. The fraction of sp³-hybridized carbons (Fsp3) is 0.286. The van der Waals surface area contributed by atoms with Crippen LogP contribution in [0.15, 0.2) is 53.0 Å². The Kier molecular flexibility index (Phi) is 6.47. The lowest BCUT2D eigenvalue weighted by molar-refractivity contribution is 0.104. The smallest absolute Gasteiger partial charge is 0.185 e. The van der Waals surface area contributed by atoms with E-state index in [2.05, 4.69) is 20.8 Å². The van der Waals surface area contributed by atoms with Gasteiger partial charge in [-0.1, -0.05) is 15.9 Å². The van der Waals surface area contributed by atoms with E-state index in [1.165, 1.54) is 0 Å². The first-order valence-corrected chi connectivity index (χ1v) is 9.54. The Morgan fingerprint density at radius 3 is 2.62 bits per heavy atom. The van der Waals surface area contributed by atoms with Gasteiger partial charge in [-0.3, -0.25) is 4.79 Å². The first kappa shape index (κ1) is 18.7. The fourth-order valence-electron chi connectivity index (χ4n) is 2.86. The third-order valence-corrected chi connectivity index (χ3v) is 4.71. The van der Waals surface area contributed by atoms with Crippen molar-refractivity contribution in [2.24, 2.45) is 0 Å². The van der Waals surface area contributed by atoms with Crippen molar-refractivity contribution in [1.82, 2.24) is 0 Å². The average molecular weight is 416 g/mol. The summed E-state index contributed by atoms with van der Waals surface area (Å²) in [5, 5.41) is 0. The zero-order valence-corrected chi connectivity index (χ0v) is 16.4. The number of carbonyl (C=O) groups excluding carboxylic acids is 1. The Balaban J connectivity index is 1.71. The van der Waals surface area contributed by atoms with Gasteiger partial charge in [0, 0.05) is 34.4 Å². The molecule has 26 heavy (non-hydrogen) atoms. The van der Waals surface area contributed by atoms with Crippen LogP contribution in [-0.2, 0) is 4.74 Å². The van der Waals surface area contributed by atoms with E-state index in [1.807, 2.05) is 49.4 Å². The normalized spacial score (nSPS) is 14.6. The number of morpholine rings is 1. The second-order valence-corrected chi connectivity index (χ2v) is 6.87. The highest BCUT2D eigenvalue weighted by atomic mass is 79.9. The van der Waals surface area contributed by atoms with Crippen molar-refractivity contribution >= 4 is 33.5 Å². The van der Waals surface area contributed by atoms with E-state index < -0.39 is 0 Å². The molecular formula is C21H22BrNO3. The quantitative estimate of drug-likeness (QED) is 0.511. The Morgan fingerprint density at radius 1 is 1.19 bits per heavy atom. The predicted molar refractivity (Wildman–Crippen MR) is 108 cm³/mol. The van der Waals surface area contributed by atoms with E-state index in [1.54, 1.807) is 12.2 Å². The summed E-state index contributed by atoms with van der Waals surface area (Å²) in [5.41, 5.74) is 2.67. The molecule has 0 aromatic heterocycles. The minimum atomic E-state index is -0.0269. The van der Waals surface area contributed by atoms with Crippen molar-refractivity contribution in [3.8, 4) is 5.75 Å². The lowest BCUT2D eigenvalue weighted by atomic mass is 10.1. The van der Waals surface area contributed by atoms with Crippen molar-refractivity contribution in [2.45, 2.75) is 6.92 Å². The summed E-state index contributed by atoms with van der Waals surface area (Å²) >= 11 is 3.46. The monoisotopic (exact) mass is 415 g/mol. The van der Waals surface area contributed by atoms with Gasteiger partial charge in [0.1, 0.15) is 5.75 Å². The summed E-state index contributed by atoms with van der Waals surface area (Å²) < 4.78 is 11.9. The molecule has 0 N–H and O–H groups in total. The van der Waals surface area contributed by atoms with Gasteiger partial charge in [-0.25, -0.2) is 0 Å². The molecule has 5 heteroatoms. The van der Waals surface area contributed by atoms with Gasteiger partial charge in [0.15, 0.2) is 5.78 Å². The van der Waals surface area contributed by atoms with Crippen LogP contribution in [0.2, 0.25) is 0 Å². The van der Waals surface area contributed by atoms with Crippen LogP contribution < -0.4 is 9.64 Å². The van der Waals surface area contributed by atoms with Crippen LogP contribution >= 0.6 is 15.9 Å². The van der Waals surface area contributed by atoms with E-state index >= 15 is 0 Å². The van der Waals surface area contributed by atoms with E-state index in [9.17, 15) is 4.79 Å². The molecule has 2 aromatic carbocycles. The van der Waals surface area contributed by atoms with Gasteiger partial charge in [-0.2, -0.15) is 0 Å². The summed E-state index contributed by atoms with van der Waals surface area (Å²) in [6, 6.07) is 13.5. The van der Waals surface area contributed by atoms with Crippen LogP contribution in [-0.4, -0.2) is 38.7 Å². The van der Waals surface area contributed by atoms with Crippen LogP contribution in [0.5, 0.6) is 5.75 Å². The highest BCUT2D eigenvalue weighted by molar-refractivity contribution is 9.10. The summed E-state index contributed by atoms with van der Waals surface area (Å²) in [4.78, 5) is 14.8. The van der Waals surface area contributed by atoms with E-state index in [4.69, 9.17) is 9.47 Å². The Labute approximate surface area is 162 Å². The van der Waals surface area contributed by atoms with E-state index in [0.717, 1.165) is 47.8 Å². The Morgan fingerprint density at radius 2 is 1.92 bits per heavy atom. The van der Waals surface area contributed by atoms with Crippen LogP contribution in [0, 0.1) is 0 Å². The maximum absolute atomic E-state index is 12.5. The van der Waals surface area contributed by atoms with Crippen molar-refractivity contribution < 1.29 is 14.3 Å². The highest BCUT2D eigenvalue weighted by Gasteiger charge is 2.11. The first-order chi connectivity index (χ1) is 12.7. The number of ether oxygens (including phenoxy) is 2. The number of nitrogens with zero attached hydrogens (tertiary/aromatic N) is 1. The third-order valence-electron chi connectivity index (χ3n) is 4.21. The highest BCUT2D eigenvalue weighted by Crippen LogP contribution is 2.25. The SMILES string of the molecule is CCOc1ccc(Br)cc1/C=C/C(=O)c1ccc(N2CCOCC2)cc1. The van der Waals surface area contributed by atoms with Crippen LogP contribution in [0.1, 0.15) is 22.8 Å². The van der Waals surface area contributed by atoms with E-state index in [0.29, 0.717) is 12.2 Å². The number of carbonyl (C=O) groups is 1. The van der Waals surface area contributed by atoms with Gasteiger partial charge in [0.2, 0.25) is 0 Å².